The molecule has 0 radical (unpaired) electrons. The minimum atomic E-state index is -3.70. The number of sulfonamides is 1. The lowest BCUT2D eigenvalue weighted by Gasteiger charge is -2.39. The lowest BCUT2D eigenvalue weighted by atomic mass is 9.83. The minimum Gasteiger partial charge on any atom is -0.388 e. The van der Waals surface area contributed by atoms with Crippen LogP contribution in [0.5, 0.6) is 0 Å². The summed E-state index contributed by atoms with van der Waals surface area (Å²) in [4.78, 5) is 25.1. The van der Waals surface area contributed by atoms with Crippen LogP contribution < -0.4 is 16.4 Å². The van der Waals surface area contributed by atoms with E-state index in [0.717, 1.165) is 61.3 Å². The van der Waals surface area contributed by atoms with Crippen LogP contribution in [0, 0.1) is 19.3 Å². The zero-order valence-corrected chi connectivity index (χ0v) is 25.5. The Balaban J connectivity index is 1.44. The topological polar surface area (TPSA) is 131 Å². The molecule has 0 bridgehead atoms. The summed E-state index contributed by atoms with van der Waals surface area (Å²) in [6, 6.07) is 3.94. The molecule has 0 aromatic heterocycles. The van der Waals surface area contributed by atoms with Crippen LogP contribution in [0.4, 0.5) is 5.69 Å². The molecule has 2 aliphatic heterocycles. The van der Waals surface area contributed by atoms with Crippen LogP contribution in [0.3, 0.4) is 0 Å². The van der Waals surface area contributed by atoms with Gasteiger partial charge in [0.1, 0.15) is 5.54 Å². The van der Waals surface area contributed by atoms with Gasteiger partial charge in [0.25, 0.3) is 0 Å². The molecule has 2 amide bonds. The molecule has 224 valence electrons. The first kappa shape index (κ1) is 32.1. The van der Waals surface area contributed by atoms with Crippen LogP contribution in [0.1, 0.15) is 87.8 Å². The molecule has 0 atom stereocenters. The SMILES string of the molecule is CNc1cc(C)c(C=CS(=O)(=O)N2CCC(NC(=O)CCCCCCCCC3(C)COC3)(C(N)=O)CC2)c(C)c1. The fourth-order valence-electron chi connectivity index (χ4n) is 5.65. The number of rotatable bonds is 15. The summed E-state index contributed by atoms with van der Waals surface area (Å²) in [5.41, 5.74) is 8.64. The Morgan fingerprint density at radius 3 is 2.12 bits per heavy atom. The van der Waals surface area contributed by atoms with E-state index in [1.165, 1.54) is 29.0 Å². The summed E-state index contributed by atoms with van der Waals surface area (Å²) in [6.07, 6.45) is 9.85. The number of anilines is 1. The van der Waals surface area contributed by atoms with Gasteiger partial charge in [-0.25, -0.2) is 8.42 Å². The second-order valence-electron chi connectivity index (χ2n) is 11.9. The number of unbranched alkanes of at least 4 members (excludes halogenated alkanes) is 5. The Bertz CT molecular complexity index is 1150. The number of nitrogens with one attached hydrogen (secondary N) is 2. The monoisotopic (exact) mass is 576 g/mol. The maximum absolute atomic E-state index is 13.1. The third-order valence-corrected chi connectivity index (χ3v) is 9.98. The number of hydrogen-bond donors (Lipinski definition) is 3. The predicted molar refractivity (Wildman–Crippen MR) is 160 cm³/mol. The highest BCUT2D eigenvalue weighted by molar-refractivity contribution is 7.92. The molecule has 0 aliphatic carbocycles. The molecule has 3 rings (SSSR count). The number of carbonyl (C=O) groups excluding carboxylic acids is 2. The molecule has 2 heterocycles. The quantitative estimate of drug-likeness (QED) is 0.268. The van der Waals surface area contributed by atoms with Gasteiger partial charge in [0.05, 0.1) is 13.2 Å². The molecule has 0 spiro atoms. The molecule has 2 aliphatic rings. The highest BCUT2D eigenvalue weighted by atomic mass is 32.2. The summed E-state index contributed by atoms with van der Waals surface area (Å²) in [6.45, 7) is 8.14. The van der Waals surface area contributed by atoms with Crippen LogP contribution in [0.15, 0.2) is 17.5 Å². The lowest BCUT2D eigenvalue weighted by Crippen LogP contribution is -2.62. The Labute approximate surface area is 240 Å². The number of aryl methyl sites for hydroxylation is 2. The first-order chi connectivity index (χ1) is 18.9. The van der Waals surface area contributed by atoms with E-state index in [2.05, 4.69) is 17.6 Å². The molecule has 10 heteroatoms. The molecule has 2 fully saturated rings. The van der Waals surface area contributed by atoms with Crippen LogP contribution in [0.25, 0.3) is 6.08 Å². The van der Waals surface area contributed by atoms with E-state index in [1.54, 1.807) is 6.08 Å². The van der Waals surface area contributed by atoms with E-state index in [0.29, 0.717) is 11.8 Å². The van der Waals surface area contributed by atoms with Gasteiger partial charge in [-0.15, -0.1) is 0 Å². The summed E-state index contributed by atoms with van der Waals surface area (Å²) >= 11 is 0. The van der Waals surface area contributed by atoms with Crippen molar-refractivity contribution in [3.05, 3.63) is 34.2 Å². The molecule has 9 nitrogen and oxygen atoms in total. The third-order valence-electron chi connectivity index (χ3n) is 8.41. The maximum atomic E-state index is 13.1. The number of hydrogen-bond acceptors (Lipinski definition) is 6. The van der Waals surface area contributed by atoms with Gasteiger partial charge in [0.15, 0.2) is 0 Å². The van der Waals surface area contributed by atoms with Gasteiger partial charge in [-0.1, -0.05) is 39.0 Å². The van der Waals surface area contributed by atoms with Crippen molar-refractivity contribution >= 4 is 33.6 Å². The van der Waals surface area contributed by atoms with Crippen molar-refractivity contribution < 1.29 is 22.7 Å². The van der Waals surface area contributed by atoms with Gasteiger partial charge in [-0.05, 0) is 74.4 Å². The van der Waals surface area contributed by atoms with Crippen molar-refractivity contribution in [3.8, 4) is 0 Å². The maximum Gasteiger partial charge on any atom is 0.243 e. The fourth-order valence-corrected chi connectivity index (χ4v) is 6.82. The third kappa shape index (κ3) is 8.54. The smallest absolute Gasteiger partial charge is 0.243 e. The van der Waals surface area contributed by atoms with E-state index < -0.39 is 21.5 Å². The molecule has 4 N–H and O–H groups in total. The number of carbonyl (C=O) groups is 2. The Hall–Kier alpha value is -2.43. The molecule has 40 heavy (non-hydrogen) atoms. The number of ether oxygens (including phenoxy) is 1. The number of amides is 2. The van der Waals surface area contributed by atoms with Gasteiger partial charge in [0, 0.05) is 43.1 Å². The van der Waals surface area contributed by atoms with Crippen molar-refractivity contribution in [1.29, 1.82) is 0 Å². The van der Waals surface area contributed by atoms with Crippen molar-refractivity contribution in [1.82, 2.24) is 9.62 Å². The average Bonchev–Trinajstić information content (AvgIpc) is 2.88. The normalized spacial score (nSPS) is 18.8. The molecule has 1 aromatic rings. The number of benzene rings is 1. The number of nitrogens with two attached hydrogens (primary N) is 1. The Morgan fingerprint density at radius 2 is 1.60 bits per heavy atom. The van der Waals surface area contributed by atoms with Crippen molar-refractivity contribution in [2.24, 2.45) is 11.1 Å². The van der Waals surface area contributed by atoms with Gasteiger partial charge in [-0.3, -0.25) is 9.59 Å². The second-order valence-corrected chi connectivity index (χ2v) is 13.8. The van der Waals surface area contributed by atoms with E-state index in [4.69, 9.17) is 10.5 Å². The molecular formula is C30H48N4O5S. The number of primary amides is 1. The lowest BCUT2D eigenvalue weighted by molar-refractivity contribution is -0.133. The summed E-state index contributed by atoms with van der Waals surface area (Å²) in [7, 11) is -1.86. The van der Waals surface area contributed by atoms with E-state index >= 15 is 0 Å². The Kier molecular flexibility index (Phi) is 11.2. The van der Waals surface area contributed by atoms with Crippen LogP contribution in [0.2, 0.25) is 0 Å². The standard InChI is InChI=1S/C30H48N4O5S/c1-23-19-25(32-4)20-24(2)26(23)12-18-40(37,38)34-16-14-30(15-17-34,28(31)36)33-27(35)11-9-7-5-6-8-10-13-29(3)21-39-22-29/h12,18-20,32H,5-11,13-17,21-22H2,1-4H3,(H2,31,36)(H,33,35). The number of nitrogens with zero attached hydrogens (tertiary/aromatic N) is 1. The van der Waals surface area contributed by atoms with E-state index in [1.807, 2.05) is 33.0 Å². The molecule has 2 saturated heterocycles. The molecule has 1 aromatic carbocycles. The molecule has 0 saturated carbocycles. The van der Waals surface area contributed by atoms with Gasteiger partial charge in [0.2, 0.25) is 21.8 Å². The largest absolute Gasteiger partial charge is 0.388 e. The van der Waals surface area contributed by atoms with Gasteiger partial charge in [-0.2, -0.15) is 4.31 Å². The summed E-state index contributed by atoms with van der Waals surface area (Å²) in [5, 5.41) is 7.18. The highest BCUT2D eigenvalue weighted by Crippen LogP contribution is 2.32. The summed E-state index contributed by atoms with van der Waals surface area (Å²) < 4.78 is 32.8. The zero-order chi connectivity index (χ0) is 29.4. The first-order valence-corrected chi connectivity index (χ1v) is 16.1. The van der Waals surface area contributed by atoms with Crippen molar-refractivity contribution in [2.45, 2.75) is 90.5 Å². The zero-order valence-electron chi connectivity index (χ0n) is 24.7. The first-order valence-electron chi connectivity index (χ1n) is 14.6. The van der Waals surface area contributed by atoms with E-state index in [9.17, 15) is 18.0 Å². The van der Waals surface area contributed by atoms with E-state index in [-0.39, 0.29) is 31.8 Å². The van der Waals surface area contributed by atoms with Gasteiger partial charge >= 0.3 is 0 Å². The number of piperidine rings is 1. The highest BCUT2D eigenvalue weighted by Gasteiger charge is 2.43. The molecular weight excluding hydrogens is 528 g/mol. The summed E-state index contributed by atoms with van der Waals surface area (Å²) in [5.74, 6) is -0.821. The molecule has 0 unspecified atom stereocenters. The average molecular weight is 577 g/mol. The van der Waals surface area contributed by atoms with Crippen molar-refractivity contribution in [2.75, 3.05) is 38.7 Å². The fraction of sp³-hybridized carbons (Fsp3) is 0.667. The van der Waals surface area contributed by atoms with Crippen LogP contribution in [-0.4, -0.2) is 63.4 Å². The van der Waals surface area contributed by atoms with Crippen LogP contribution in [-0.2, 0) is 24.3 Å². The second kappa shape index (κ2) is 14.0. The van der Waals surface area contributed by atoms with Crippen LogP contribution >= 0.6 is 0 Å². The predicted octanol–water partition coefficient (Wildman–Crippen LogP) is 4.24. The minimum absolute atomic E-state index is 0.109. The van der Waals surface area contributed by atoms with Gasteiger partial charge < -0.3 is 21.1 Å². The Morgan fingerprint density at radius 1 is 1.02 bits per heavy atom. The van der Waals surface area contributed by atoms with Crippen molar-refractivity contribution in [3.63, 3.8) is 0 Å².